The number of carbonyl (C=O) groups excluding carboxylic acids is 2. The molecule has 39 heavy (non-hydrogen) atoms. The Bertz CT molecular complexity index is 1290. The molecule has 3 aromatic rings. The van der Waals surface area contributed by atoms with E-state index in [9.17, 15) is 9.59 Å². The van der Waals surface area contributed by atoms with E-state index in [2.05, 4.69) is 0 Å². The molecule has 10 heteroatoms. The lowest BCUT2D eigenvalue weighted by Crippen LogP contribution is -2.45. The molecule has 0 radical (unpaired) electrons. The monoisotopic (exact) mass is 536 g/mol. The summed E-state index contributed by atoms with van der Waals surface area (Å²) in [6.07, 6.45) is 3.17. The van der Waals surface area contributed by atoms with Gasteiger partial charge in [0, 0.05) is 25.8 Å². The Balaban J connectivity index is 1.39. The number of hydrogen-bond acceptors (Lipinski definition) is 8. The Kier molecular flexibility index (Phi) is 8.21. The summed E-state index contributed by atoms with van der Waals surface area (Å²) in [4.78, 5) is 30.8. The van der Waals surface area contributed by atoms with Crippen molar-refractivity contribution in [2.45, 2.75) is 32.0 Å². The third kappa shape index (κ3) is 6.28. The summed E-state index contributed by atoms with van der Waals surface area (Å²) in [5.41, 5.74) is 1.21. The summed E-state index contributed by atoms with van der Waals surface area (Å²) in [6, 6.07) is 14.2. The van der Waals surface area contributed by atoms with Crippen LogP contribution in [0.25, 0.3) is 0 Å². The molecule has 3 heterocycles. The van der Waals surface area contributed by atoms with Gasteiger partial charge in [-0.2, -0.15) is 0 Å². The van der Waals surface area contributed by atoms with Crippen LogP contribution in [0.3, 0.4) is 0 Å². The fourth-order valence-corrected chi connectivity index (χ4v) is 4.74. The van der Waals surface area contributed by atoms with Crippen molar-refractivity contribution in [1.29, 1.82) is 0 Å². The van der Waals surface area contributed by atoms with E-state index >= 15 is 0 Å². The van der Waals surface area contributed by atoms with Crippen molar-refractivity contribution < 1.29 is 37.7 Å². The first-order valence-corrected chi connectivity index (χ1v) is 12.9. The van der Waals surface area contributed by atoms with E-state index in [1.807, 2.05) is 24.3 Å². The maximum absolute atomic E-state index is 13.8. The van der Waals surface area contributed by atoms with Crippen molar-refractivity contribution in [3.63, 3.8) is 0 Å². The molecule has 10 nitrogen and oxygen atoms in total. The molecule has 0 saturated carbocycles. The average Bonchev–Trinajstić information content (AvgIpc) is 3.75. The normalized spacial score (nSPS) is 15.7. The number of carbonyl (C=O) groups is 2. The van der Waals surface area contributed by atoms with Crippen LogP contribution in [0.1, 0.15) is 34.5 Å². The van der Waals surface area contributed by atoms with Gasteiger partial charge in [0.25, 0.3) is 5.91 Å². The zero-order valence-corrected chi connectivity index (χ0v) is 22.1. The van der Waals surface area contributed by atoms with E-state index in [-0.39, 0.29) is 37.8 Å². The number of amides is 2. The number of nitrogens with zero attached hydrogens (tertiary/aromatic N) is 2. The molecule has 0 N–H and O–H groups in total. The highest BCUT2D eigenvalue weighted by Crippen LogP contribution is 2.33. The average molecular weight is 537 g/mol. The zero-order valence-electron chi connectivity index (χ0n) is 22.1. The van der Waals surface area contributed by atoms with E-state index in [1.165, 1.54) is 12.0 Å². The third-order valence-corrected chi connectivity index (χ3v) is 6.79. The topological polar surface area (TPSA) is 99.9 Å². The zero-order chi connectivity index (χ0) is 27.2. The minimum Gasteiger partial charge on any atom is -0.497 e. The molecular weight excluding hydrogens is 504 g/mol. The van der Waals surface area contributed by atoms with Crippen LogP contribution in [0.15, 0.2) is 59.2 Å². The Morgan fingerprint density at radius 3 is 2.59 bits per heavy atom. The first-order chi connectivity index (χ1) is 19.0. The highest BCUT2D eigenvalue weighted by atomic mass is 16.7. The summed E-state index contributed by atoms with van der Waals surface area (Å²) in [6.45, 7) is 1.50. The number of benzene rings is 2. The number of furan rings is 1. The molecule has 0 spiro atoms. The molecule has 1 atom stereocenters. The minimum atomic E-state index is -0.320. The summed E-state index contributed by atoms with van der Waals surface area (Å²) in [5, 5.41) is 0. The lowest BCUT2D eigenvalue weighted by molar-refractivity contribution is -0.133. The first kappa shape index (κ1) is 26.4. The van der Waals surface area contributed by atoms with E-state index in [0.29, 0.717) is 54.0 Å². The second-order valence-corrected chi connectivity index (χ2v) is 9.40. The number of hydrogen-bond donors (Lipinski definition) is 0. The molecule has 5 rings (SSSR count). The second-order valence-electron chi connectivity index (χ2n) is 9.40. The fraction of sp³-hybridized carbons (Fsp3) is 0.379. The van der Waals surface area contributed by atoms with Crippen LogP contribution in [0, 0.1) is 0 Å². The van der Waals surface area contributed by atoms with Crippen LogP contribution in [-0.4, -0.2) is 68.4 Å². The quantitative estimate of drug-likeness (QED) is 0.364. The Labute approximate surface area is 226 Å². The van der Waals surface area contributed by atoms with Crippen LogP contribution < -0.4 is 18.9 Å². The molecular formula is C29H32N2O8. The maximum atomic E-state index is 13.8. The Hall–Kier alpha value is -4.18. The van der Waals surface area contributed by atoms with Crippen molar-refractivity contribution in [2.24, 2.45) is 0 Å². The van der Waals surface area contributed by atoms with E-state index in [0.717, 1.165) is 18.4 Å². The van der Waals surface area contributed by atoms with Gasteiger partial charge >= 0.3 is 0 Å². The summed E-state index contributed by atoms with van der Waals surface area (Å²) in [7, 11) is 3.05. The number of methoxy groups -OCH3 is 2. The van der Waals surface area contributed by atoms with E-state index in [4.69, 9.17) is 28.1 Å². The molecule has 2 aliphatic heterocycles. The standard InChI is InChI=1S/C29H32N2O8/c1-34-21-8-9-24(26(14-21)35-2)29(33)31(17-23-6-4-12-37-23)18-28(32)30(16-22-5-3-11-36-22)15-20-7-10-25-27(13-20)39-19-38-25/h3,5,7-11,13-14,23H,4,6,12,15-19H2,1-2H3/t23-/m1/s1. The van der Waals surface area contributed by atoms with Gasteiger partial charge in [-0.25, -0.2) is 0 Å². The van der Waals surface area contributed by atoms with E-state index < -0.39 is 0 Å². The molecule has 2 amide bonds. The van der Waals surface area contributed by atoms with Gasteiger partial charge in [-0.1, -0.05) is 6.07 Å². The Morgan fingerprint density at radius 1 is 0.974 bits per heavy atom. The highest BCUT2D eigenvalue weighted by molar-refractivity contribution is 5.99. The molecule has 1 saturated heterocycles. The minimum absolute atomic E-state index is 0.140. The van der Waals surface area contributed by atoms with Gasteiger partial charge in [0.2, 0.25) is 12.7 Å². The molecule has 2 aliphatic rings. The summed E-state index contributed by atoms with van der Waals surface area (Å²) in [5.74, 6) is 2.33. The van der Waals surface area contributed by atoms with Crippen molar-refractivity contribution in [3.8, 4) is 23.0 Å². The molecule has 1 aromatic heterocycles. The molecule has 0 unspecified atom stereocenters. The lowest BCUT2D eigenvalue weighted by Gasteiger charge is -2.29. The number of rotatable bonds is 11. The van der Waals surface area contributed by atoms with Crippen LogP contribution in [0.2, 0.25) is 0 Å². The molecule has 0 bridgehead atoms. The fourth-order valence-electron chi connectivity index (χ4n) is 4.74. The number of ether oxygens (including phenoxy) is 5. The highest BCUT2D eigenvalue weighted by Gasteiger charge is 2.29. The number of fused-ring (bicyclic) bond motifs is 1. The molecule has 0 aliphatic carbocycles. The predicted octanol–water partition coefficient (Wildman–Crippen LogP) is 3.88. The summed E-state index contributed by atoms with van der Waals surface area (Å²) >= 11 is 0. The largest absolute Gasteiger partial charge is 0.497 e. The first-order valence-electron chi connectivity index (χ1n) is 12.9. The predicted molar refractivity (Wildman–Crippen MR) is 140 cm³/mol. The molecule has 2 aromatic carbocycles. The van der Waals surface area contributed by atoms with Crippen LogP contribution >= 0.6 is 0 Å². The summed E-state index contributed by atoms with van der Waals surface area (Å²) < 4.78 is 33.0. The van der Waals surface area contributed by atoms with Gasteiger partial charge in [0.15, 0.2) is 11.5 Å². The van der Waals surface area contributed by atoms with Gasteiger partial charge in [0.05, 0.1) is 38.7 Å². The van der Waals surface area contributed by atoms with Crippen molar-refractivity contribution in [3.05, 3.63) is 71.7 Å². The van der Waals surface area contributed by atoms with Gasteiger partial charge in [-0.05, 0) is 54.8 Å². The SMILES string of the molecule is COc1ccc(C(=O)N(CC(=O)N(Cc2ccc3c(c2)OCO3)Cc2ccco2)C[C@H]2CCCO2)c(OC)c1. The van der Waals surface area contributed by atoms with Crippen LogP contribution in [0.4, 0.5) is 0 Å². The smallest absolute Gasteiger partial charge is 0.258 e. The van der Waals surface area contributed by atoms with Crippen molar-refractivity contribution in [1.82, 2.24) is 9.80 Å². The Morgan fingerprint density at radius 2 is 1.85 bits per heavy atom. The molecule has 1 fully saturated rings. The second kappa shape index (κ2) is 12.1. The van der Waals surface area contributed by atoms with Crippen LogP contribution in [0.5, 0.6) is 23.0 Å². The van der Waals surface area contributed by atoms with Gasteiger partial charge in [0.1, 0.15) is 23.8 Å². The van der Waals surface area contributed by atoms with E-state index in [1.54, 1.807) is 42.5 Å². The molecule has 206 valence electrons. The lowest BCUT2D eigenvalue weighted by atomic mass is 10.1. The van der Waals surface area contributed by atoms with Gasteiger partial charge < -0.3 is 37.9 Å². The maximum Gasteiger partial charge on any atom is 0.258 e. The third-order valence-electron chi connectivity index (χ3n) is 6.79. The van der Waals surface area contributed by atoms with Crippen molar-refractivity contribution in [2.75, 3.05) is 40.7 Å². The van der Waals surface area contributed by atoms with Gasteiger partial charge in [-0.15, -0.1) is 0 Å². The van der Waals surface area contributed by atoms with Gasteiger partial charge in [-0.3, -0.25) is 9.59 Å². The van der Waals surface area contributed by atoms with Crippen LogP contribution in [-0.2, 0) is 22.6 Å². The van der Waals surface area contributed by atoms with Crippen molar-refractivity contribution >= 4 is 11.8 Å².